The molecule has 0 spiro atoms. The Bertz CT molecular complexity index is 344. The first-order valence-corrected chi connectivity index (χ1v) is 4.28. The molecule has 0 bridgehead atoms. The van der Waals surface area contributed by atoms with Crippen molar-refractivity contribution in [3.05, 3.63) is 12.2 Å². The quantitative estimate of drug-likeness (QED) is 0.698. The van der Waals surface area contributed by atoms with Crippen LogP contribution in [0.3, 0.4) is 0 Å². The Hall–Kier alpha value is -1.76. The van der Waals surface area contributed by atoms with Crippen LogP contribution in [0.25, 0.3) is 0 Å². The van der Waals surface area contributed by atoms with Crippen LogP contribution < -0.4 is 10.5 Å². The molecule has 1 aromatic heterocycles. The van der Waals surface area contributed by atoms with Crippen molar-refractivity contribution in [2.24, 2.45) is 5.73 Å². The highest BCUT2D eigenvalue weighted by Gasteiger charge is 2.09. The van der Waals surface area contributed by atoms with Crippen molar-refractivity contribution in [1.29, 1.82) is 0 Å². The van der Waals surface area contributed by atoms with Gasteiger partial charge in [-0.2, -0.15) is 9.97 Å². The number of rotatable bonds is 5. The number of carbonyl (C=O) groups excluding carboxylic acids is 1. The van der Waals surface area contributed by atoms with E-state index in [2.05, 4.69) is 15.0 Å². The summed E-state index contributed by atoms with van der Waals surface area (Å²) in [7, 11) is 1.56. The Kier molecular flexibility index (Phi) is 3.92. The van der Waals surface area contributed by atoms with Gasteiger partial charge in [0.05, 0.1) is 6.61 Å². The van der Waals surface area contributed by atoms with Gasteiger partial charge in [-0.25, -0.2) is 4.98 Å². The van der Waals surface area contributed by atoms with Gasteiger partial charge in [-0.3, -0.25) is 4.79 Å². The number of hydrogen-bond acceptors (Lipinski definition) is 6. The molecule has 1 amide bonds. The van der Waals surface area contributed by atoms with Gasteiger partial charge in [0.1, 0.15) is 12.4 Å². The molecule has 7 heteroatoms. The van der Waals surface area contributed by atoms with Crippen LogP contribution in [-0.4, -0.2) is 40.7 Å². The van der Waals surface area contributed by atoms with Gasteiger partial charge in [-0.1, -0.05) is 0 Å². The summed E-state index contributed by atoms with van der Waals surface area (Å²) in [6.07, 6.45) is 0.959. The molecule has 1 aromatic rings. The second-order valence-corrected chi connectivity index (χ2v) is 2.84. The fraction of sp³-hybridized carbons (Fsp3) is 0.500. The number of carbonyl (C=O) groups is 1. The zero-order chi connectivity index (χ0) is 11.3. The fourth-order valence-electron chi connectivity index (χ4n) is 0.905. The highest BCUT2D eigenvalue weighted by atomic mass is 16.5. The Morgan fingerprint density at radius 3 is 2.93 bits per heavy atom. The standard InChI is InChI=1S/C8H12N4O3/c1-5(3-14-2)15-8-11-4-10-7(12-8)6(9)13/h4-5H,3H2,1-2H3,(H2,9,13)/t5-/m1/s1. The van der Waals surface area contributed by atoms with E-state index < -0.39 is 5.91 Å². The summed E-state index contributed by atoms with van der Waals surface area (Å²) in [6.45, 7) is 2.19. The van der Waals surface area contributed by atoms with Crippen LogP contribution >= 0.6 is 0 Å². The molecule has 82 valence electrons. The summed E-state index contributed by atoms with van der Waals surface area (Å²) in [5, 5.41) is 0. The molecule has 1 heterocycles. The summed E-state index contributed by atoms with van der Waals surface area (Å²) in [4.78, 5) is 21.8. The van der Waals surface area contributed by atoms with Gasteiger partial charge < -0.3 is 15.2 Å². The largest absolute Gasteiger partial charge is 0.458 e. The average molecular weight is 212 g/mol. The fourth-order valence-corrected chi connectivity index (χ4v) is 0.905. The smallest absolute Gasteiger partial charge is 0.320 e. The van der Waals surface area contributed by atoms with Crippen LogP contribution in [0.5, 0.6) is 6.01 Å². The van der Waals surface area contributed by atoms with Crippen LogP contribution in [0, 0.1) is 0 Å². The van der Waals surface area contributed by atoms with Gasteiger partial charge in [0.2, 0.25) is 5.82 Å². The third-order valence-electron chi connectivity index (χ3n) is 1.48. The number of hydrogen-bond donors (Lipinski definition) is 1. The Morgan fingerprint density at radius 2 is 2.33 bits per heavy atom. The molecular formula is C8H12N4O3. The van der Waals surface area contributed by atoms with Crippen LogP contribution in [-0.2, 0) is 4.74 Å². The third kappa shape index (κ3) is 3.47. The first kappa shape index (κ1) is 11.3. The van der Waals surface area contributed by atoms with Gasteiger partial charge in [0, 0.05) is 7.11 Å². The Balaban J connectivity index is 2.69. The van der Waals surface area contributed by atoms with E-state index in [0.29, 0.717) is 6.61 Å². The van der Waals surface area contributed by atoms with E-state index >= 15 is 0 Å². The zero-order valence-electron chi connectivity index (χ0n) is 8.51. The topological polar surface area (TPSA) is 100 Å². The van der Waals surface area contributed by atoms with Gasteiger partial charge in [0.25, 0.3) is 5.91 Å². The molecule has 1 atom stereocenters. The highest BCUT2D eigenvalue weighted by Crippen LogP contribution is 2.03. The van der Waals surface area contributed by atoms with Crippen molar-refractivity contribution in [1.82, 2.24) is 15.0 Å². The van der Waals surface area contributed by atoms with Crippen molar-refractivity contribution in [2.75, 3.05) is 13.7 Å². The van der Waals surface area contributed by atoms with E-state index in [-0.39, 0.29) is 17.9 Å². The maximum absolute atomic E-state index is 10.8. The average Bonchev–Trinajstić information content (AvgIpc) is 2.18. The first-order chi connectivity index (χ1) is 7.13. The number of nitrogens with two attached hydrogens (primary N) is 1. The molecule has 0 unspecified atom stereocenters. The van der Waals surface area contributed by atoms with Crippen LogP contribution in [0.15, 0.2) is 6.33 Å². The SMILES string of the molecule is COC[C@@H](C)Oc1ncnc(C(N)=O)n1. The summed E-state index contributed by atoms with van der Waals surface area (Å²) in [5.74, 6) is -0.841. The molecule has 0 fully saturated rings. The van der Waals surface area contributed by atoms with Gasteiger partial charge >= 0.3 is 6.01 Å². The number of amides is 1. The number of methoxy groups -OCH3 is 1. The van der Waals surface area contributed by atoms with E-state index in [1.807, 2.05) is 0 Å². The lowest BCUT2D eigenvalue weighted by Gasteiger charge is -2.11. The maximum Gasteiger partial charge on any atom is 0.320 e. The summed E-state index contributed by atoms with van der Waals surface area (Å²) in [6, 6.07) is 0.0587. The van der Waals surface area contributed by atoms with Crippen molar-refractivity contribution in [3.63, 3.8) is 0 Å². The second kappa shape index (κ2) is 5.20. The molecular weight excluding hydrogens is 200 g/mol. The minimum absolute atomic E-state index is 0.0587. The van der Waals surface area contributed by atoms with Crippen molar-refractivity contribution in [3.8, 4) is 6.01 Å². The van der Waals surface area contributed by atoms with E-state index in [0.717, 1.165) is 0 Å². The predicted molar refractivity (Wildman–Crippen MR) is 50.3 cm³/mol. The lowest BCUT2D eigenvalue weighted by atomic mass is 10.4. The van der Waals surface area contributed by atoms with Crippen molar-refractivity contribution in [2.45, 2.75) is 13.0 Å². The van der Waals surface area contributed by atoms with Gasteiger partial charge in [0.15, 0.2) is 0 Å². The first-order valence-electron chi connectivity index (χ1n) is 4.28. The molecule has 0 radical (unpaired) electrons. The lowest BCUT2D eigenvalue weighted by Crippen LogP contribution is -2.21. The molecule has 0 aliphatic rings. The molecule has 1 rings (SSSR count). The van der Waals surface area contributed by atoms with Gasteiger partial charge in [-0.15, -0.1) is 0 Å². The molecule has 0 aromatic carbocycles. The van der Waals surface area contributed by atoms with Crippen molar-refractivity contribution >= 4 is 5.91 Å². The van der Waals surface area contributed by atoms with E-state index in [1.54, 1.807) is 14.0 Å². The number of primary amides is 1. The monoisotopic (exact) mass is 212 g/mol. The Labute approximate surface area is 86.6 Å². The van der Waals surface area contributed by atoms with E-state index in [1.165, 1.54) is 6.33 Å². The molecule has 2 N–H and O–H groups in total. The highest BCUT2D eigenvalue weighted by molar-refractivity contribution is 5.88. The van der Waals surface area contributed by atoms with Crippen molar-refractivity contribution < 1.29 is 14.3 Å². The summed E-state index contributed by atoms with van der Waals surface area (Å²) in [5.41, 5.74) is 5.00. The molecule has 0 aliphatic carbocycles. The van der Waals surface area contributed by atoms with E-state index in [9.17, 15) is 4.79 Å². The minimum atomic E-state index is -0.721. The van der Waals surface area contributed by atoms with E-state index in [4.69, 9.17) is 15.2 Å². The summed E-state index contributed by atoms with van der Waals surface area (Å²) >= 11 is 0. The number of aromatic nitrogens is 3. The minimum Gasteiger partial charge on any atom is -0.458 e. The second-order valence-electron chi connectivity index (χ2n) is 2.84. The third-order valence-corrected chi connectivity index (χ3v) is 1.48. The molecule has 0 saturated heterocycles. The predicted octanol–water partition coefficient (Wildman–Crippen LogP) is -0.616. The van der Waals surface area contributed by atoms with Crippen LogP contribution in [0.1, 0.15) is 17.5 Å². The zero-order valence-corrected chi connectivity index (χ0v) is 8.51. The Morgan fingerprint density at radius 1 is 1.60 bits per heavy atom. The summed E-state index contributed by atoms with van der Waals surface area (Å²) < 4.78 is 10.1. The molecule has 7 nitrogen and oxygen atoms in total. The number of ether oxygens (including phenoxy) is 2. The maximum atomic E-state index is 10.8. The molecule has 15 heavy (non-hydrogen) atoms. The molecule has 0 aliphatic heterocycles. The molecule has 0 saturated carbocycles. The van der Waals surface area contributed by atoms with Gasteiger partial charge in [-0.05, 0) is 6.92 Å². The van der Waals surface area contributed by atoms with Crippen LogP contribution in [0.2, 0.25) is 0 Å². The normalized spacial score (nSPS) is 12.1. The van der Waals surface area contributed by atoms with Crippen LogP contribution in [0.4, 0.5) is 0 Å². The lowest BCUT2D eigenvalue weighted by molar-refractivity contribution is 0.0843. The number of nitrogens with zero attached hydrogens (tertiary/aromatic N) is 3.